The van der Waals surface area contributed by atoms with Gasteiger partial charge in [0.1, 0.15) is 5.82 Å². The van der Waals surface area contributed by atoms with Crippen molar-refractivity contribution in [2.24, 2.45) is 0 Å². The number of amides is 1. The summed E-state index contributed by atoms with van der Waals surface area (Å²) in [5.41, 5.74) is 0.512. The van der Waals surface area contributed by atoms with Crippen molar-refractivity contribution >= 4 is 33.5 Å². The molecule has 3 aromatic rings. The molecule has 1 aromatic carbocycles. The van der Waals surface area contributed by atoms with Gasteiger partial charge in [-0.2, -0.15) is 9.40 Å². The molecule has 4 rings (SSSR count). The summed E-state index contributed by atoms with van der Waals surface area (Å²) < 4.78 is 34.8. The van der Waals surface area contributed by atoms with Gasteiger partial charge in [-0.25, -0.2) is 13.1 Å². The zero-order valence-corrected chi connectivity index (χ0v) is 20.1. The molecule has 0 bridgehead atoms. The first-order chi connectivity index (χ1) is 15.8. The first-order valence-electron chi connectivity index (χ1n) is 10.7. The molecule has 0 saturated carbocycles. The Hall–Kier alpha value is -2.70. The maximum atomic E-state index is 13.0. The Bertz CT molecular complexity index is 1210. The molecular formula is C21H26N6O4S2. The van der Waals surface area contributed by atoms with Crippen LogP contribution in [0.3, 0.4) is 0 Å². The van der Waals surface area contributed by atoms with Crippen molar-refractivity contribution in [2.45, 2.75) is 49.3 Å². The van der Waals surface area contributed by atoms with E-state index >= 15 is 0 Å². The second-order valence-corrected chi connectivity index (χ2v) is 10.8. The maximum absolute atomic E-state index is 13.0. The minimum absolute atomic E-state index is 0.0777. The summed E-state index contributed by atoms with van der Waals surface area (Å²) in [4.78, 5) is 12.5. The Morgan fingerprint density at radius 3 is 2.73 bits per heavy atom. The van der Waals surface area contributed by atoms with Crippen LogP contribution in [0, 0.1) is 0 Å². The molecule has 1 amide bonds. The van der Waals surface area contributed by atoms with Crippen LogP contribution in [0.5, 0.6) is 0 Å². The van der Waals surface area contributed by atoms with E-state index in [0.29, 0.717) is 24.5 Å². The number of aromatic nitrogens is 4. The molecule has 1 saturated heterocycles. The molecule has 0 aliphatic carbocycles. The number of carbonyl (C=O) groups excluding carboxylic acids is 1. The SMILES string of the molecule is CC(C)n1nccc1NC(=O)CSc1nnc(-c2cccc(S(=O)(=O)N3CCCCC3)c2)o1. The average Bonchev–Trinajstić information content (AvgIpc) is 3.48. The Balaban J connectivity index is 1.40. The third-order valence-electron chi connectivity index (χ3n) is 5.19. The largest absolute Gasteiger partial charge is 0.411 e. The number of nitrogens with one attached hydrogen (secondary N) is 1. The van der Waals surface area contributed by atoms with Crippen LogP contribution in [0.4, 0.5) is 5.82 Å². The lowest BCUT2D eigenvalue weighted by atomic mass is 10.2. The van der Waals surface area contributed by atoms with Gasteiger partial charge in [0.15, 0.2) is 0 Å². The van der Waals surface area contributed by atoms with Gasteiger partial charge in [-0.05, 0) is 44.9 Å². The Labute approximate surface area is 196 Å². The normalized spacial score (nSPS) is 15.1. The van der Waals surface area contributed by atoms with E-state index in [-0.39, 0.29) is 33.7 Å². The summed E-state index contributed by atoms with van der Waals surface area (Å²) in [6.07, 6.45) is 4.42. The van der Waals surface area contributed by atoms with Gasteiger partial charge in [-0.1, -0.05) is 24.2 Å². The Kier molecular flexibility index (Phi) is 7.15. The predicted octanol–water partition coefficient (Wildman–Crippen LogP) is 3.42. The molecule has 0 atom stereocenters. The van der Waals surface area contributed by atoms with E-state index < -0.39 is 10.0 Å². The van der Waals surface area contributed by atoms with Gasteiger partial charge in [0.25, 0.3) is 5.22 Å². The minimum atomic E-state index is -3.56. The van der Waals surface area contributed by atoms with E-state index in [2.05, 4.69) is 20.6 Å². The molecule has 1 aliphatic heterocycles. The van der Waals surface area contributed by atoms with Gasteiger partial charge >= 0.3 is 0 Å². The number of carbonyl (C=O) groups is 1. The van der Waals surface area contributed by atoms with E-state index in [4.69, 9.17) is 4.42 Å². The summed E-state index contributed by atoms with van der Waals surface area (Å²) in [5, 5.41) is 15.2. The molecule has 1 N–H and O–H groups in total. The van der Waals surface area contributed by atoms with Crippen molar-refractivity contribution in [3.05, 3.63) is 36.5 Å². The maximum Gasteiger partial charge on any atom is 0.277 e. The third kappa shape index (κ3) is 5.45. The number of hydrogen-bond acceptors (Lipinski definition) is 8. The number of anilines is 1. The van der Waals surface area contributed by atoms with E-state index in [1.54, 1.807) is 41.2 Å². The van der Waals surface area contributed by atoms with E-state index in [9.17, 15) is 13.2 Å². The number of rotatable bonds is 8. The molecule has 0 unspecified atom stereocenters. The summed E-state index contributed by atoms with van der Waals surface area (Å²) in [5.74, 6) is 0.672. The van der Waals surface area contributed by atoms with Gasteiger partial charge < -0.3 is 9.73 Å². The van der Waals surface area contributed by atoms with Gasteiger partial charge in [-0.3, -0.25) is 4.79 Å². The fourth-order valence-electron chi connectivity index (χ4n) is 3.56. The Morgan fingerprint density at radius 2 is 1.97 bits per heavy atom. The molecule has 12 heteroatoms. The summed E-state index contributed by atoms with van der Waals surface area (Å²) in [6.45, 7) is 5.02. The van der Waals surface area contributed by atoms with E-state index in [0.717, 1.165) is 31.0 Å². The lowest BCUT2D eigenvalue weighted by molar-refractivity contribution is -0.113. The van der Waals surface area contributed by atoms with Crippen molar-refractivity contribution < 1.29 is 17.6 Å². The molecule has 10 nitrogen and oxygen atoms in total. The van der Waals surface area contributed by atoms with E-state index in [1.165, 1.54) is 4.31 Å². The highest BCUT2D eigenvalue weighted by atomic mass is 32.2. The highest BCUT2D eigenvalue weighted by molar-refractivity contribution is 7.99. The van der Waals surface area contributed by atoms with E-state index in [1.807, 2.05) is 13.8 Å². The van der Waals surface area contributed by atoms with Crippen molar-refractivity contribution in [3.8, 4) is 11.5 Å². The summed E-state index contributed by atoms with van der Waals surface area (Å²) in [6, 6.07) is 8.36. The molecule has 33 heavy (non-hydrogen) atoms. The highest BCUT2D eigenvalue weighted by Crippen LogP contribution is 2.27. The number of piperidine rings is 1. The molecule has 3 heterocycles. The van der Waals surface area contributed by atoms with Gasteiger partial charge in [0, 0.05) is 30.8 Å². The number of hydrogen-bond donors (Lipinski definition) is 1. The van der Waals surface area contributed by atoms with Crippen LogP contribution in [0.2, 0.25) is 0 Å². The standard InChI is InChI=1S/C21H26N6O4S2/c1-15(2)27-18(9-10-22-27)23-19(28)14-32-21-25-24-20(31-21)16-7-6-8-17(13-16)33(29,30)26-11-4-3-5-12-26/h6-10,13,15H,3-5,11-12,14H2,1-2H3,(H,23,28). The minimum Gasteiger partial charge on any atom is -0.411 e. The first-order valence-corrected chi connectivity index (χ1v) is 13.2. The summed E-state index contributed by atoms with van der Waals surface area (Å²) in [7, 11) is -3.56. The predicted molar refractivity (Wildman–Crippen MR) is 124 cm³/mol. The molecule has 0 radical (unpaired) electrons. The molecular weight excluding hydrogens is 464 g/mol. The number of benzene rings is 1. The van der Waals surface area contributed by atoms with Crippen LogP contribution in [-0.2, 0) is 14.8 Å². The molecule has 0 spiro atoms. The third-order valence-corrected chi connectivity index (χ3v) is 7.91. The lowest BCUT2D eigenvalue weighted by Gasteiger charge is -2.25. The monoisotopic (exact) mass is 490 g/mol. The van der Waals surface area contributed by atoms with Crippen LogP contribution in [0.15, 0.2) is 51.1 Å². The molecule has 1 fully saturated rings. The van der Waals surface area contributed by atoms with Gasteiger partial charge in [-0.15, -0.1) is 10.2 Å². The van der Waals surface area contributed by atoms with Crippen LogP contribution < -0.4 is 5.32 Å². The number of sulfonamides is 1. The average molecular weight is 491 g/mol. The zero-order valence-electron chi connectivity index (χ0n) is 18.5. The van der Waals surface area contributed by atoms with Crippen LogP contribution >= 0.6 is 11.8 Å². The zero-order chi connectivity index (χ0) is 23.4. The summed E-state index contributed by atoms with van der Waals surface area (Å²) >= 11 is 1.10. The number of thioether (sulfide) groups is 1. The van der Waals surface area contributed by atoms with Crippen molar-refractivity contribution in [1.29, 1.82) is 0 Å². The lowest BCUT2D eigenvalue weighted by Crippen LogP contribution is -2.35. The molecule has 2 aromatic heterocycles. The molecule has 1 aliphatic rings. The quantitative estimate of drug-likeness (QED) is 0.477. The van der Waals surface area contributed by atoms with Crippen LogP contribution in [0.25, 0.3) is 11.5 Å². The smallest absolute Gasteiger partial charge is 0.277 e. The fraction of sp³-hybridized carbons (Fsp3) is 0.429. The van der Waals surface area contributed by atoms with Crippen LogP contribution in [0.1, 0.15) is 39.2 Å². The molecule has 176 valence electrons. The van der Waals surface area contributed by atoms with Crippen molar-refractivity contribution in [3.63, 3.8) is 0 Å². The Morgan fingerprint density at radius 1 is 1.18 bits per heavy atom. The topological polar surface area (TPSA) is 123 Å². The van der Waals surface area contributed by atoms with Crippen molar-refractivity contribution in [2.75, 3.05) is 24.2 Å². The van der Waals surface area contributed by atoms with Gasteiger partial charge in [0.2, 0.25) is 21.8 Å². The second kappa shape index (κ2) is 10.1. The highest BCUT2D eigenvalue weighted by Gasteiger charge is 2.26. The second-order valence-electron chi connectivity index (χ2n) is 7.96. The van der Waals surface area contributed by atoms with Crippen LogP contribution in [-0.4, -0.2) is 57.5 Å². The van der Waals surface area contributed by atoms with Crippen molar-refractivity contribution in [1.82, 2.24) is 24.3 Å². The number of nitrogens with zero attached hydrogens (tertiary/aromatic N) is 5. The van der Waals surface area contributed by atoms with Gasteiger partial charge in [0.05, 0.1) is 16.8 Å². The first kappa shape index (κ1) is 23.5. The fourth-order valence-corrected chi connectivity index (χ4v) is 5.69.